The van der Waals surface area contributed by atoms with Crippen molar-refractivity contribution in [3.8, 4) is 0 Å². The number of nitrogen functional groups attached to an aromatic ring is 1. The van der Waals surface area contributed by atoms with Crippen molar-refractivity contribution < 1.29 is 4.21 Å². The van der Waals surface area contributed by atoms with E-state index in [0.29, 0.717) is 11.4 Å². The second-order valence-electron chi connectivity index (χ2n) is 4.58. The number of rotatable bonds is 3. The zero-order valence-electron chi connectivity index (χ0n) is 10.9. The Morgan fingerprint density at radius 2 is 1.84 bits per heavy atom. The van der Waals surface area contributed by atoms with Crippen LogP contribution >= 0.6 is 15.9 Å². The van der Waals surface area contributed by atoms with Crippen LogP contribution in [-0.4, -0.2) is 4.21 Å². The molecule has 0 spiro atoms. The van der Waals surface area contributed by atoms with E-state index >= 15 is 0 Å². The smallest absolute Gasteiger partial charge is 0.0575 e. The molecule has 2 aromatic rings. The first-order valence-electron chi connectivity index (χ1n) is 5.97. The van der Waals surface area contributed by atoms with E-state index < -0.39 is 10.8 Å². The molecule has 0 bridgehead atoms. The molecule has 1 unspecified atom stereocenters. The molecule has 2 rings (SSSR count). The van der Waals surface area contributed by atoms with Crippen LogP contribution in [0.1, 0.15) is 16.7 Å². The highest BCUT2D eigenvalue weighted by molar-refractivity contribution is 9.10. The number of halogens is 1. The van der Waals surface area contributed by atoms with Gasteiger partial charge in [0.2, 0.25) is 0 Å². The fourth-order valence-corrected chi connectivity index (χ4v) is 3.40. The highest BCUT2D eigenvalue weighted by Crippen LogP contribution is 2.22. The molecule has 0 saturated carbocycles. The third kappa shape index (κ3) is 3.45. The first kappa shape index (κ1) is 14.3. The minimum Gasteiger partial charge on any atom is -0.398 e. The summed E-state index contributed by atoms with van der Waals surface area (Å²) < 4.78 is 13.3. The first-order chi connectivity index (χ1) is 8.97. The SMILES string of the molecule is Cc1ccc(S(=O)Cc2ccc(Br)cc2N)cc1C. The van der Waals surface area contributed by atoms with Crippen LogP contribution in [-0.2, 0) is 16.6 Å². The van der Waals surface area contributed by atoms with Gasteiger partial charge in [0.15, 0.2) is 0 Å². The normalized spacial score (nSPS) is 12.4. The summed E-state index contributed by atoms with van der Waals surface area (Å²) in [5, 5.41) is 0. The molecule has 0 aromatic heterocycles. The largest absolute Gasteiger partial charge is 0.398 e. The fraction of sp³-hybridized carbons (Fsp3) is 0.200. The minimum absolute atomic E-state index is 0.446. The molecule has 0 aliphatic carbocycles. The van der Waals surface area contributed by atoms with Crippen LogP contribution in [0, 0.1) is 13.8 Å². The van der Waals surface area contributed by atoms with Crippen molar-refractivity contribution in [2.24, 2.45) is 0 Å². The quantitative estimate of drug-likeness (QED) is 0.861. The van der Waals surface area contributed by atoms with Gasteiger partial charge in [0.25, 0.3) is 0 Å². The lowest BCUT2D eigenvalue weighted by molar-refractivity contribution is 0.682. The predicted molar refractivity (Wildman–Crippen MR) is 84.6 cm³/mol. The topological polar surface area (TPSA) is 43.1 Å². The summed E-state index contributed by atoms with van der Waals surface area (Å²) in [6, 6.07) is 11.6. The van der Waals surface area contributed by atoms with Crippen molar-refractivity contribution in [1.82, 2.24) is 0 Å². The lowest BCUT2D eigenvalue weighted by Gasteiger charge is -2.08. The molecule has 2 nitrogen and oxygen atoms in total. The number of hydrogen-bond donors (Lipinski definition) is 1. The number of aryl methyl sites for hydroxylation is 2. The molecule has 19 heavy (non-hydrogen) atoms. The Morgan fingerprint density at radius 1 is 1.11 bits per heavy atom. The van der Waals surface area contributed by atoms with Crippen LogP contribution in [0.4, 0.5) is 5.69 Å². The van der Waals surface area contributed by atoms with Gasteiger partial charge in [-0.3, -0.25) is 4.21 Å². The Morgan fingerprint density at radius 3 is 2.47 bits per heavy atom. The third-order valence-electron chi connectivity index (χ3n) is 3.14. The standard InChI is InChI=1S/C15H16BrNOS/c1-10-3-6-14(7-11(10)2)19(18)9-12-4-5-13(16)8-15(12)17/h3-8H,9,17H2,1-2H3. The molecular weight excluding hydrogens is 322 g/mol. The highest BCUT2D eigenvalue weighted by atomic mass is 79.9. The van der Waals surface area contributed by atoms with Gasteiger partial charge >= 0.3 is 0 Å². The average Bonchev–Trinajstić information content (AvgIpc) is 2.36. The zero-order chi connectivity index (χ0) is 14.0. The molecule has 2 aromatic carbocycles. The maximum Gasteiger partial charge on any atom is 0.0575 e. The Bertz CT molecular complexity index is 640. The van der Waals surface area contributed by atoms with E-state index in [1.54, 1.807) is 0 Å². The average molecular weight is 338 g/mol. The number of anilines is 1. The zero-order valence-corrected chi connectivity index (χ0v) is 13.3. The van der Waals surface area contributed by atoms with Crippen LogP contribution in [0.3, 0.4) is 0 Å². The molecule has 0 aliphatic heterocycles. The van der Waals surface area contributed by atoms with Crippen molar-refractivity contribution >= 4 is 32.4 Å². The Balaban J connectivity index is 2.23. The van der Waals surface area contributed by atoms with Crippen LogP contribution in [0.5, 0.6) is 0 Å². The van der Waals surface area contributed by atoms with Crippen molar-refractivity contribution in [2.45, 2.75) is 24.5 Å². The van der Waals surface area contributed by atoms with Crippen LogP contribution < -0.4 is 5.73 Å². The minimum atomic E-state index is -1.07. The summed E-state index contributed by atoms with van der Waals surface area (Å²) in [4.78, 5) is 0.852. The van der Waals surface area contributed by atoms with E-state index in [9.17, 15) is 4.21 Å². The van der Waals surface area contributed by atoms with Gasteiger partial charge in [-0.15, -0.1) is 0 Å². The summed E-state index contributed by atoms with van der Waals surface area (Å²) in [5.41, 5.74) is 9.90. The van der Waals surface area contributed by atoms with Crippen molar-refractivity contribution in [3.63, 3.8) is 0 Å². The second kappa shape index (κ2) is 5.88. The van der Waals surface area contributed by atoms with Gasteiger partial charge in [-0.1, -0.05) is 28.1 Å². The van der Waals surface area contributed by atoms with Gasteiger partial charge < -0.3 is 5.73 Å². The van der Waals surface area contributed by atoms with Gasteiger partial charge in [0.1, 0.15) is 0 Å². The lowest BCUT2D eigenvalue weighted by atomic mass is 10.1. The molecule has 1 atom stereocenters. The molecule has 0 aliphatic rings. The molecule has 0 saturated heterocycles. The number of benzene rings is 2. The molecule has 0 heterocycles. The summed E-state index contributed by atoms with van der Waals surface area (Å²) in [6.07, 6.45) is 0. The third-order valence-corrected chi connectivity index (χ3v) is 4.98. The molecule has 0 amide bonds. The van der Waals surface area contributed by atoms with Gasteiger partial charge in [0, 0.05) is 15.1 Å². The van der Waals surface area contributed by atoms with E-state index in [-0.39, 0.29) is 0 Å². The van der Waals surface area contributed by atoms with Crippen molar-refractivity contribution in [3.05, 3.63) is 57.6 Å². The second-order valence-corrected chi connectivity index (χ2v) is 6.95. The van der Waals surface area contributed by atoms with Gasteiger partial charge in [-0.2, -0.15) is 0 Å². The Kier molecular flexibility index (Phi) is 4.42. The lowest BCUT2D eigenvalue weighted by Crippen LogP contribution is -2.01. The number of nitrogens with two attached hydrogens (primary N) is 1. The Hall–Kier alpha value is -1.13. The maximum absolute atomic E-state index is 12.4. The van der Waals surface area contributed by atoms with Crippen molar-refractivity contribution in [1.29, 1.82) is 0 Å². The van der Waals surface area contributed by atoms with E-state index in [1.807, 2.05) is 43.3 Å². The van der Waals surface area contributed by atoms with Gasteiger partial charge in [-0.25, -0.2) is 0 Å². The summed E-state index contributed by atoms with van der Waals surface area (Å²) in [5.74, 6) is 0.446. The summed E-state index contributed by atoms with van der Waals surface area (Å²) >= 11 is 3.37. The van der Waals surface area contributed by atoms with Gasteiger partial charge in [-0.05, 0) is 54.8 Å². The molecule has 100 valence electrons. The van der Waals surface area contributed by atoms with Crippen LogP contribution in [0.25, 0.3) is 0 Å². The summed E-state index contributed by atoms with van der Waals surface area (Å²) in [7, 11) is -1.07. The predicted octanol–water partition coefficient (Wildman–Crippen LogP) is 3.96. The van der Waals surface area contributed by atoms with Crippen molar-refractivity contribution in [2.75, 3.05) is 5.73 Å². The Labute approximate surface area is 124 Å². The summed E-state index contributed by atoms with van der Waals surface area (Å²) in [6.45, 7) is 4.08. The van der Waals surface area contributed by atoms with Crippen LogP contribution in [0.2, 0.25) is 0 Å². The molecule has 0 radical (unpaired) electrons. The first-order valence-corrected chi connectivity index (χ1v) is 8.08. The molecule has 4 heteroatoms. The fourth-order valence-electron chi connectivity index (χ4n) is 1.78. The van der Waals surface area contributed by atoms with E-state index in [1.165, 1.54) is 5.56 Å². The van der Waals surface area contributed by atoms with E-state index in [4.69, 9.17) is 5.73 Å². The highest BCUT2D eigenvalue weighted by Gasteiger charge is 2.09. The number of hydrogen-bond acceptors (Lipinski definition) is 2. The van der Waals surface area contributed by atoms with Crippen LogP contribution in [0.15, 0.2) is 45.8 Å². The van der Waals surface area contributed by atoms with E-state index in [2.05, 4.69) is 22.9 Å². The van der Waals surface area contributed by atoms with E-state index in [0.717, 1.165) is 20.5 Å². The molecule has 0 fully saturated rings. The molecule has 2 N–H and O–H groups in total. The maximum atomic E-state index is 12.4. The monoisotopic (exact) mass is 337 g/mol. The van der Waals surface area contributed by atoms with Gasteiger partial charge in [0.05, 0.1) is 16.6 Å². The molecular formula is C15H16BrNOS.